The Morgan fingerprint density at radius 1 is 1.07 bits per heavy atom. The van der Waals surface area contributed by atoms with E-state index in [-0.39, 0.29) is 30.4 Å². The minimum atomic E-state index is -1.06. The first-order chi connectivity index (χ1) is 14.0. The molecule has 0 saturated carbocycles. The third-order valence-electron chi connectivity index (χ3n) is 4.60. The van der Waals surface area contributed by atoms with E-state index in [1.807, 2.05) is 30.3 Å². The molecule has 0 radical (unpaired) electrons. The van der Waals surface area contributed by atoms with Crippen LogP contribution in [0.1, 0.15) is 22.8 Å². The highest BCUT2D eigenvalue weighted by molar-refractivity contribution is 5.94. The maximum Gasteiger partial charge on any atom is 0.254 e. The summed E-state index contributed by atoms with van der Waals surface area (Å²) in [4.78, 5) is 12.6. The van der Waals surface area contributed by atoms with Crippen molar-refractivity contribution in [3.63, 3.8) is 0 Å². The Kier molecular flexibility index (Phi) is 8.09. The van der Waals surface area contributed by atoms with Crippen LogP contribution in [0, 0.1) is 11.2 Å². The number of nitrogens with two attached hydrogens (primary N) is 1. The smallest absolute Gasteiger partial charge is 0.254 e. The third-order valence-corrected chi connectivity index (χ3v) is 4.60. The highest BCUT2D eigenvalue weighted by atomic mass is 35.5. The minimum Gasteiger partial charge on any atom is -0.384 e. The van der Waals surface area contributed by atoms with Crippen molar-refractivity contribution in [2.45, 2.75) is 12.6 Å². The highest BCUT2D eigenvalue weighted by Gasteiger charge is 2.23. The fraction of sp³-hybridized carbons (Fsp3) is 0.130. The van der Waals surface area contributed by atoms with Gasteiger partial charge in [-0.25, -0.2) is 4.39 Å². The SMILES string of the molecule is COC(C(=O)NCc1ccc(C(=N)N)cc1)c1ccc(-c2ccccc2)cc1F.Cl. The van der Waals surface area contributed by atoms with E-state index in [1.54, 1.807) is 36.4 Å². The number of carbonyl (C=O) groups is 1. The normalized spacial score (nSPS) is 11.3. The molecule has 3 aromatic rings. The molecule has 4 N–H and O–H groups in total. The summed E-state index contributed by atoms with van der Waals surface area (Å²) in [7, 11) is 1.37. The van der Waals surface area contributed by atoms with Crippen LogP contribution in [-0.4, -0.2) is 18.9 Å². The molecule has 0 aliphatic carbocycles. The summed E-state index contributed by atoms with van der Waals surface area (Å²) in [6.07, 6.45) is -1.06. The van der Waals surface area contributed by atoms with E-state index >= 15 is 0 Å². The number of carbonyl (C=O) groups excluding carboxylic acids is 1. The number of rotatable bonds is 7. The van der Waals surface area contributed by atoms with Crippen LogP contribution in [0.2, 0.25) is 0 Å². The molecule has 3 aromatic carbocycles. The van der Waals surface area contributed by atoms with Crippen molar-refractivity contribution in [2.24, 2.45) is 5.73 Å². The monoisotopic (exact) mass is 427 g/mol. The number of ether oxygens (including phenoxy) is 1. The van der Waals surface area contributed by atoms with Crippen LogP contribution in [0.4, 0.5) is 4.39 Å². The molecule has 0 aliphatic rings. The summed E-state index contributed by atoms with van der Waals surface area (Å²) >= 11 is 0. The van der Waals surface area contributed by atoms with Crippen molar-refractivity contribution in [3.05, 3.63) is 95.3 Å². The molecule has 1 amide bonds. The first-order valence-corrected chi connectivity index (χ1v) is 9.08. The molecule has 0 spiro atoms. The number of nitrogens with one attached hydrogen (secondary N) is 2. The van der Waals surface area contributed by atoms with E-state index in [0.29, 0.717) is 5.56 Å². The van der Waals surface area contributed by atoms with Gasteiger partial charge in [0.05, 0.1) is 0 Å². The molecular weight excluding hydrogens is 405 g/mol. The van der Waals surface area contributed by atoms with Gasteiger partial charge in [0.25, 0.3) is 5.91 Å². The average molecular weight is 428 g/mol. The largest absolute Gasteiger partial charge is 0.384 e. The van der Waals surface area contributed by atoms with E-state index in [4.69, 9.17) is 15.9 Å². The van der Waals surface area contributed by atoms with Crippen LogP contribution < -0.4 is 11.1 Å². The number of halogens is 2. The number of hydrogen-bond acceptors (Lipinski definition) is 3. The summed E-state index contributed by atoms with van der Waals surface area (Å²) in [6.45, 7) is 0.251. The summed E-state index contributed by atoms with van der Waals surface area (Å²) in [5, 5.41) is 10.2. The number of amidine groups is 1. The fourth-order valence-corrected chi connectivity index (χ4v) is 3.01. The van der Waals surface area contributed by atoms with E-state index in [9.17, 15) is 9.18 Å². The Morgan fingerprint density at radius 2 is 1.73 bits per heavy atom. The Bertz CT molecular complexity index is 1010. The molecule has 0 heterocycles. The van der Waals surface area contributed by atoms with Gasteiger partial charge in [-0.3, -0.25) is 10.2 Å². The Balaban J connectivity index is 0.00000320. The molecule has 1 atom stereocenters. The molecule has 0 aromatic heterocycles. The Labute approximate surface area is 181 Å². The molecule has 30 heavy (non-hydrogen) atoms. The van der Waals surface area contributed by atoms with Crippen LogP contribution in [0.25, 0.3) is 11.1 Å². The molecule has 0 fully saturated rings. The topological polar surface area (TPSA) is 88.2 Å². The lowest BCUT2D eigenvalue weighted by Crippen LogP contribution is -2.30. The van der Waals surface area contributed by atoms with Crippen LogP contribution in [0.5, 0.6) is 0 Å². The molecule has 3 rings (SSSR count). The van der Waals surface area contributed by atoms with Gasteiger partial charge in [-0.15, -0.1) is 12.4 Å². The number of amides is 1. The number of benzene rings is 3. The lowest BCUT2D eigenvalue weighted by molar-refractivity contribution is -0.131. The lowest BCUT2D eigenvalue weighted by atomic mass is 10.0. The lowest BCUT2D eigenvalue weighted by Gasteiger charge is -2.17. The summed E-state index contributed by atoms with van der Waals surface area (Å²) in [6, 6.07) is 21.2. The first-order valence-electron chi connectivity index (χ1n) is 9.08. The van der Waals surface area contributed by atoms with Gasteiger partial charge in [0.1, 0.15) is 11.7 Å². The van der Waals surface area contributed by atoms with Crippen molar-refractivity contribution < 1.29 is 13.9 Å². The molecule has 0 saturated heterocycles. The van der Waals surface area contributed by atoms with E-state index in [1.165, 1.54) is 13.2 Å². The maximum atomic E-state index is 14.7. The van der Waals surface area contributed by atoms with E-state index < -0.39 is 17.8 Å². The molecule has 1 unspecified atom stereocenters. The zero-order valence-electron chi connectivity index (χ0n) is 16.4. The van der Waals surface area contributed by atoms with Crippen molar-refractivity contribution in [1.29, 1.82) is 5.41 Å². The van der Waals surface area contributed by atoms with Crippen LogP contribution >= 0.6 is 12.4 Å². The molecule has 156 valence electrons. The highest BCUT2D eigenvalue weighted by Crippen LogP contribution is 2.26. The molecule has 5 nitrogen and oxygen atoms in total. The van der Waals surface area contributed by atoms with Gasteiger partial charge in [0, 0.05) is 24.8 Å². The number of methoxy groups -OCH3 is 1. The standard InChI is InChI=1S/C23H22FN3O2.ClH/c1-29-21(23(28)27-14-15-7-9-17(10-8-15)22(25)26)19-12-11-18(13-20(19)24)16-5-3-2-4-6-16;/h2-13,21H,14H2,1H3,(H3,25,26)(H,27,28);1H. The Hall–Kier alpha value is -3.22. The summed E-state index contributed by atoms with van der Waals surface area (Å²) < 4.78 is 20.0. The van der Waals surface area contributed by atoms with Gasteiger partial charge in [-0.2, -0.15) is 0 Å². The predicted octanol–water partition coefficient (Wildman–Crippen LogP) is 4.20. The quantitative estimate of drug-likeness (QED) is 0.390. The van der Waals surface area contributed by atoms with Crippen molar-refractivity contribution >= 4 is 24.1 Å². The van der Waals surface area contributed by atoms with Gasteiger partial charge in [-0.1, -0.05) is 66.7 Å². The van der Waals surface area contributed by atoms with Gasteiger partial charge < -0.3 is 15.8 Å². The van der Waals surface area contributed by atoms with Crippen LogP contribution in [0.3, 0.4) is 0 Å². The third kappa shape index (κ3) is 5.43. The number of nitrogen functional groups attached to an aromatic ring is 1. The second kappa shape index (κ2) is 10.5. The number of hydrogen-bond donors (Lipinski definition) is 3. The zero-order valence-corrected chi connectivity index (χ0v) is 17.2. The second-order valence-corrected chi connectivity index (χ2v) is 6.55. The van der Waals surface area contributed by atoms with Crippen molar-refractivity contribution in [1.82, 2.24) is 5.32 Å². The second-order valence-electron chi connectivity index (χ2n) is 6.55. The van der Waals surface area contributed by atoms with Gasteiger partial charge in [0.15, 0.2) is 6.10 Å². The van der Waals surface area contributed by atoms with Crippen LogP contribution in [-0.2, 0) is 16.1 Å². The van der Waals surface area contributed by atoms with E-state index in [0.717, 1.165) is 16.7 Å². The van der Waals surface area contributed by atoms with Crippen LogP contribution in [0.15, 0.2) is 72.8 Å². The van der Waals surface area contributed by atoms with Gasteiger partial charge in [-0.05, 0) is 22.8 Å². The molecule has 0 aliphatic heterocycles. The molecule has 0 bridgehead atoms. The van der Waals surface area contributed by atoms with Crippen molar-refractivity contribution in [3.8, 4) is 11.1 Å². The Morgan fingerprint density at radius 3 is 2.30 bits per heavy atom. The van der Waals surface area contributed by atoms with Gasteiger partial charge >= 0.3 is 0 Å². The zero-order chi connectivity index (χ0) is 20.8. The maximum absolute atomic E-state index is 14.7. The van der Waals surface area contributed by atoms with E-state index in [2.05, 4.69) is 5.32 Å². The van der Waals surface area contributed by atoms with Crippen molar-refractivity contribution in [2.75, 3.05) is 7.11 Å². The predicted molar refractivity (Wildman–Crippen MR) is 118 cm³/mol. The fourth-order valence-electron chi connectivity index (χ4n) is 3.01. The molecular formula is C23H23ClFN3O2. The molecule has 7 heteroatoms. The first kappa shape index (κ1) is 23.1. The summed E-state index contributed by atoms with van der Waals surface area (Å²) in [5.74, 6) is -0.955. The minimum absolute atomic E-state index is 0. The average Bonchev–Trinajstić information content (AvgIpc) is 2.74. The van der Waals surface area contributed by atoms with Gasteiger partial charge in [0.2, 0.25) is 0 Å². The summed E-state index contributed by atoms with van der Waals surface area (Å²) in [5.41, 5.74) is 8.67.